The van der Waals surface area contributed by atoms with Crippen LogP contribution >= 0.6 is 0 Å². The lowest BCUT2D eigenvalue weighted by atomic mass is 9.99. The van der Waals surface area contributed by atoms with E-state index in [1.165, 1.54) is 0 Å². The van der Waals surface area contributed by atoms with E-state index in [-0.39, 0.29) is 24.2 Å². The summed E-state index contributed by atoms with van der Waals surface area (Å²) in [5.74, 6) is -0.559. The lowest BCUT2D eigenvalue weighted by molar-refractivity contribution is -0.137. The average Bonchev–Trinajstić information content (AvgIpc) is 2.65. The van der Waals surface area contributed by atoms with Crippen LogP contribution in [0.3, 0.4) is 0 Å². The molecule has 1 aliphatic rings. The number of aliphatic carboxylic acids is 1. The molecule has 2 rings (SSSR count). The number of unbranched alkanes of at least 4 members (excludes halogenated alkanes) is 3. The molecule has 27 heavy (non-hydrogen) atoms. The summed E-state index contributed by atoms with van der Waals surface area (Å²) in [7, 11) is 0. The lowest BCUT2D eigenvalue weighted by Gasteiger charge is -2.34. The molecule has 1 aliphatic heterocycles. The molecule has 146 valence electrons. The van der Waals surface area contributed by atoms with Gasteiger partial charge in [-0.3, -0.25) is 14.4 Å². The minimum absolute atomic E-state index is 0.00927. The zero-order chi connectivity index (χ0) is 19.5. The van der Waals surface area contributed by atoms with E-state index in [1.54, 1.807) is 6.08 Å². The molecule has 1 amide bonds. The summed E-state index contributed by atoms with van der Waals surface area (Å²) >= 11 is 0. The molecule has 1 aromatic carbocycles. The van der Waals surface area contributed by atoms with Crippen LogP contribution in [-0.4, -0.2) is 40.3 Å². The van der Waals surface area contributed by atoms with Gasteiger partial charge in [0.25, 0.3) is 0 Å². The third kappa shape index (κ3) is 7.77. The molecule has 1 saturated heterocycles. The highest BCUT2D eigenvalue weighted by Gasteiger charge is 2.25. The molecule has 0 aromatic heterocycles. The first-order valence-corrected chi connectivity index (χ1v) is 9.82. The summed E-state index contributed by atoms with van der Waals surface area (Å²) in [5, 5.41) is 8.65. The van der Waals surface area contributed by atoms with Crippen LogP contribution in [0.15, 0.2) is 42.5 Å². The Labute approximate surface area is 161 Å². The fourth-order valence-corrected chi connectivity index (χ4v) is 3.42. The number of carbonyl (C=O) groups is 3. The first-order valence-electron chi connectivity index (χ1n) is 9.82. The second-order valence-corrected chi connectivity index (χ2v) is 7.09. The van der Waals surface area contributed by atoms with Crippen LogP contribution in [0.25, 0.3) is 0 Å². The van der Waals surface area contributed by atoms with Gasteiger partial charge in [0.2, 0.25) is 5.91 Å². The number of carboxylic acids is 1. The quantitative estimate of drug-likeness (QED) is 0.475. The highest BCUT2D eigenvalue weighted by atomic mass is 16.4. The maximum absolute atomic E-state index is 12.3. The van der Waals surface area contributed by atoms with Gasteiger partial charge in [-0.15, -0.1) is 0 Å². The topological polar surface area (TPSA) is 74.7 Å². The van der Waals surface area contributed by atoms with Gasteiger partial charge in [-0.05, 0) is 37.3 Å². The van der Waals surface area contributed by atoms with Crippen LogP contribution in [0.5, 0.6) is 0 Å². The van der Waals surface area contributed by atoms with Gasteiger partial charge in [-0.2, -0.15) is 0 Å². The highest BCUT2D eigenvalue weighted by Crippen LogP contribution is 2.20. The van der Waals surface area contributed by atoms with Gasteiger partial charge in [0.1, 0.15) is 0 Å². The summed E-state index contributed by atoms with van der Waals surface area (Å²) in [6, 6.07) is 9.63. The van der Waals surface area contributed by atoms with E-state index in [4.69, 9.17) is 5.11 Å². The molecule has 1 heterocycles. The highest BCUT2D eigenvalue weighted by molar-refractivity contribution is 5.91. The number of hydrogen-bond donors (Lipinski definition) is 1. The van der Waals surface area contributed by atoms with Crippen molar-refractivity contribution in [3.8, 4) is 0 Å². The van der Waals surface area contributed by atoms with Crippen molar-refractivity contribution < 1.29 is 19.5 Å². The Morgan fingerprint density at radius 3 is 2.59 bits per heavy atom. The van der Waals surface area contributed by atoms with Gasteiger partial charge < -0.3 is 10.0 Å². The molecule has 1 aromatic rings. The maximum Gasteiger partial charge on any atom is 0.303 e. The molecule has 0 spiro atoms. The van der Waals surface area contributed by atoms with Crippen molar-refractivity contribution in [2.24, 2.45) is 0 Å². The minimum atomic E-state index is -0.758. The number of benzene rings is 1. The average molecular weight is 371 g/mol. The smallest absolute Gasteiger partial charge is 0.303 e. The molecule has 5 nitrogen and oxygen atoms in total. The molecule has 1 unspecified atom stereocenters. The second kappa shape index (κ2) is 11.3. The molecular weight excluding hydrogens is 342 g/mol. The third-order valence-electron chi connectivity index (χ3n) is 4.88. The van der Waals surface area contributed by atoms with Crippen molar-refractivity contribution in [3.05, 3.63) is 48.0 Å². The number of ketones is 1. The van der Waals surface area contributed by atoms with Gasteiger partial charge >= 0.3 is 5.97 Å². The SMILES string of the molecule is O=C(O)CCCCCCN1C(=O)CCCC1C=CC(=O)Cc1ccccc1. The van der Waals surface area contributed by atoms with Gasteiger partial charge in [0.05, 0.1) is 6.04 Å². The molecule has 1 atom stereocenters. The first kappa shape index (κ1) is 20.9. The molecule has 5 heteroatoms. The zero-order valence-electron chi connectivity index (χ0n) is 15.8. The number of allylic oxidation sites excluding steroid dienone is 1. The van der Waals surface area contributed by atoms with Gasteiger partial charge in [-0.1, -0.05) is 49.2 Å². The third-order valence-corrected chi connectivity index (χ3v) is 4.88. The first-order chi connectivity index (χ1) is 13.1. The predicted molar refractivity (Wildman–Crippen MR) is 104 cm³/mol. The number of piperidine rings is 1. The largest absolute Gasteiger partial charge is 0.481 e. The Morgan fingerprint density at radius 1 is 1.11 bits per heavy atom. The standard InChI is InChI=1S/C22H29NO4/c24-20(17-18-9-4-3-5-10-18)15-14-19-11-8-12-21(25)23(19)16-7-2-1-6-13-22(26)27/h3-5,9-10,14-15,19H,1-2,6-8,11-13,16-17H2,(H,26,27). The monoisotopic (exact) mass is 371 g/mol. The summed E-state index contributed by atoms with van der Waals surface area (Å²) in [4.78, 5) is 36.9. The molecule has 1 N–H and O–H groups in total. The van der Waals surface area contributed by atoms with E-state index in [9.17, 15) is 14.4 Å². The van der Waals surface area contributed by atoms with Crippen LogP contribution in [0.1, 0.15) is 56.9 Å². The number of amides is 1. The fourth-order valence-electron chi connectivity index (χ4n) is 3.42. The van der Waals surface area contributed by atoms with E-state index in [0.717, 1.165) is 37.7 Å². The van der Waals surface area contributed by atoms with Gasteiger partial charge in [0, 0.05) is 25.8 Å². The van der Waals surface area contributed by atoms with Gasteiger partial charge in [-0.25, -0.2) is 0 Å². The summed E-state index contributed by atoms with van der Waals surface area (Å²) in [5.41, 5.74) is 0.991. The van der Waals surface area contributed by atoms with Crippen molar-refractivity contribution in [3.63, 3.8) is 0 Å². The molecule has 0 saturated carbocycles. The molecular formula is C22H29NO4. The Hall–Kier alpha value is -2.43. The van der Waals surface area contributed by atoms with Crippen LogP contribution in [0, 0.1) is 0 Å². The van der Waals surface area contributed by atoms with E-state index in [2.05, 4.69) is 0 Å². The van der Waals surface area contributed by atoms with Crippen LogP contribution in [-0.2, 0) is 20.8 Å². The van der Waals surface area contributed by atoms with Crippen LogP contribution in [0.2, 0.25) is 0 Å². The number of carboxylic acid groups (broad SMARTS) is 1. The Bertz CT molecular complexity index is 654. The molecule has 0 radical (unpaired) electrons. The van der Waals surface area contributed by atoms with Crippen molar-refractivity contribution in [2.45, 2.75) is 63.8 Å². The van der Waals surface area contributed by atoms with Crippen molar-refractivity contribution in [1.29, 1.82) is 0 Å². The zero-order valence-corrected chi connectivity index (χ0v) is 15.8. The molecule has 0 bridgehead atoms. The number of nitrogens with zero attached hydrogens (tertiary/aromatic N) is 1. The Balaban J connectivity index is 1.80. The number of hydrogen-bond acceptors (Lipinski definition) is 3. The van der Waals surface area contributed by atoms with E-state index in [1.807, 2.05) is 41.3 Å². The second-order valence-electron chi connectivity index (χ2n) is 7.09. The molecule has 0 aliphatic carbocycles. The minimum Gasteiger partial charge on any atom is -0.481 e. The maximum atomic E-state index is 12.3. The van der Waals surface area contributed by atoms with Crippen molar-refractivity contribution >= 4 is 17.7 Å². The number of carbonyl (C=O) groups excluding carboxylic acids is 2. The van der Waals surface area contributed by atoms with E-state index < -0.39 is 5.97 Å². The van der Waals surface area contributed by atoms with E-state index >= 15 is 0 Å². The van der Waals surface area contributed by atoms with Gasteiger partial charge in [0.15, 0.2) is 5.78 Å². The lowest BCUT2D eigenvalue weighted by Crippen LogP contribution is -2.43. The summed E-state index contributed by atoms with van der Waals surface area (Å²) < 4.78 is 0. The number of rotatable bonds is 11. The van der Waals surface area contributed by atoms with Crippen LogP contribution in [0.4, 0.5) is 0 Å². The van der Waals surface area contributed by atoms with E-state index in [0.29, 0.717) is 25.8 Å². The number of likely N-dealkylation sites (tertiary alicyclic amines) is 1. The van der Waals surface area contributed by atoms with Crippen molar-refractivity contribution in [2.75, 3.05) is 6.54 Å². The normalized spacial score (nSPS) is 17.4. The molecule has 1 fully saturated rings. The van der Waals surface area contributed by atoms with Crippen LogP contribution < -0.4 is 0 Å². The summed E-state index contributed by atoms with van der Waals surface area (Å²) in [6.45, 7) is 0.674. The Morgan fingerprint density at radius 2 is 1.85 bits per heavy atom. The summed E-state index contributed by atoms with van der Waals surface area (Å²) in [6.07, 6.45) is 9.73. The van der Waals surface area contributed by atoms with Crippen molar-refractivity contribution in [1.82, 2.24) is 4.90 Å². The predicted octanol–water partition coefficient (Wildman–Crippen LogP) is 3.77. The Kier molecular flexibility index (Phi) is 8.75. The fraction of sp³-hybridized carbons (Fsp3) is 0.500.